The fourth-order valence-electron chi connectivity index (χ4n) is 0. The molecule has 0 bridgehead atoms. The summed E-state index contributed by atoms with van der Waals surface area (Å²) in [6.45, 7) is 0. The molecule has 0 unspecified atom stereocenters. The van der Waals surface area contributed by atoms with Crippen LogP contribution in [0.4, 0.5) is 0 Å². The maximum absolute atomic E-state index is 0. The van der Waals surface area contributed by atoms with Crippen LogP contribution in [-0.4, -0.2) is 21.9 Å². The maximum atomic E-state index is 0. The maximum Gasteiger partial charge on any atom is 4.00 e. The van der Waals surface area contributed by atoms with E-state index in [2.05, 4.69) is 0 Å². The van der Waals surface area contributed by atoms with Gasteiger partial charge in [-0.05, 0) is 0 Å². The average molecular weight is 307 g/mol. The summed E-state index contributed by atoms with van der Waals surface area (Å²) in [5.74, 6) is 0. The van der Waals surface area contributed by atoms with Crippen LogP contribution in [0.5, 0.6) is 0 Å². The van der Waals surface area contributed by atoms with Crippen molar-refractivity contribution in [1.29, 1.82) is 0 Å². The van der Waals surface area contributed by atoms with E-state index in [-0.39, 0.29) is 69.7 Å². The summed E-state index contributed by atoms with van der Waals surface area (Å²) < 4.78 is 0. The van der Waals surface area contributed by atoms with E-state index in [1.807, 2.05) is 0 Å². The molecular weight excluding hydrogens is 303 g/mol. The van der Waals surface area contributed by atoms with Gasteiger partial charge in [0, 0.05) is 0 Å². The second-order valence-electron chi connectivity index (χ2n) is 0. The van der Waals surface area contributed by atoms with Gasteiger partial charge in [-0.25, -0.2) is 0 Å². The minimum atomic E-state index is 0. The molecule has 0 atom stereocenters. The van der Waals surface area contributed by atoms with Crippen LogP contribution in [-0.2, 0) is 47.7 Å². The molecule has 0 saturated heterocycles. The van der Waals surface area contributed by atoms with Crippen LogP contribution in [0.15, 0.2) is 0 Å². The molecule has 8 heteroatoms. The van der Waals surface area contributed by atoms with Gasteiger partial charge in [-0.1, -0.05) is 0 Å². The summed E-state index contributed by atoms with van der Waals surface area (Å²) in [7, 11) is 0. The number of hydrogen-bond acceptors (Lipinski definition) is 0. The van der Waals surface area contributed by atoms with Crippen LogP contribution < -0.4 is 0 Å². The number of hydrogen-bond donors (Lipinski definition) is 0. The summed E-state index contributed by atoms with van der Waals surface area (Å²) in [5, 5.41) is 0. The Hall–Kier alpha value is 0.847. The molecule has 0 fully saturated rings. The quantitative estimate of drug-likeness (QED) is 0.430. The largest absolute Gasteiger partial charge is 4.00 e. The van der Waals surface area contributed by atoms with Gasteiger partial charge in [0.2, 0.25) is 0 Å². The summed E-state index contributed by atoms with van der Waals surface area (Å²) in [6.07, 6.45) is 0. The fourth-order valence-corrected chi connectivity index (χ4v) is 0. The van der Waals surface area contributed by atoms with E-state index in [0.717, 1.165) is 0 Å². The zero-order chi connectivity index (χ0) is 0. The Kier molecular flexibility index (Phi) is 48700. The molecule has 0 rings (SSSR count). The van der Waals surface area contributed by atoms with Crippen molar-refractivity contribution in [3.63, 3.8) is 0 Å². The van der Waals surface area contributed by atoms with Gasteiger partial charge in [-0.15, -0.1) is 0 Å². The molecule has 0 aliphatic heterocycles. The van der Waals surface area contributed by atoms with Crippen molar-refractivity contribution in [3.05, 3.63) is 0 Å². The third-order valence-corrected chi connectivity index (χ3v) is 0. The van der Waals surface area contributed by atoms with Gasteiger partial charge in [0.15, 0.2) is 0 Å². The van der Waals surface area contributed by atoms with Crippen LogP contribution in [0.3, 0.4) is 0 Å². The molecule has 0 saturated carbocycles. The predicted octanol–water partition coefficient (Wildman–Crippen LogP) is -2.51. The first-order valence-corrected chi connectivity index (χ1v) is 0. The Morgan fingerprint density at radius 1 is 0.500 bits per heavy atom. The molecule has 0 aliphatic carbocycles. The van der Waals surface area contributed by atoms with Gasteiger partial charge >= 0.3 is 36.8 Å². The zero-order valence-corrected chi connectivity index (χ0v) is 8.23. The van der Waals surface area contributed by atoms with E-state index >= 15 is 0 Å². The molecule has 8 heavy (non-hydrogen) atoms. The molecule has 0 aliphatic rings. The van der Waals surface area contributed by atoms with Crippen molar-refractivity contribution in [2.45, 2.75) is 0 Å². The molecule has 48 valence electrons. The third kappa shape index (κ3) is 326. The molecular formula is H4HfO6Si. The zero-order valence-electron chi connectivity index (χ0n) is 3.63. The Morgan fingerprint density at radius 3 is 0.500 bits per heavy atom. The monoisotopic (exact) mass is 308 g/mol. The van der Waals surface area contributed by atoms with Crippen LogP contribution in [0.2, 0.25) is 0 Å². The molecule has 0 aromatic carbocycles. The van der Waals surface area contributed by atoms with Gasteiger partial charge in [-0.2, -0.15) is 0 Å². The first kappa shape index (κ1) is 759. The summed E-state index contributed by atoms with van der Waals surface area (Å²) >= 11 is 0. The SMILES string of the molecule is O.O.[Hf+4].[O-2].[O-2].[O-2].[O-2].[Si+4]. The molecule has 0 amide bonds. The van der Waals surface area contributed by atoms with Crippen LogP contribution in [0, 0.1) is 0 Å². The smallest absolute Gasteiger partial charge is 2.00 e. The van der Waals surface area contributed by atoms with E-state index < -0.39 is 0 Å². The van der Waals surface area contributed by atoms with Crippen molar-refractivity contribution in [2.75, 3.05) is 0 Å². The van der Waals surface area contributed by atoms with Gasteiger partial charge < -0.3 is 32.9 Å². The summed E-state index contributed by atoms with van der Waals surface area (Å²) in [5.41, 5.74) is 0. The second-order valence-corrected chi connectivity index (χ2v) is 0. The van der Waals surface area contributed by atoms with Crippen molar-refractivity contribution >= 4 is 11.0 Å². The van der Waals surface area contributed by atoms with Gasteiger partial charge in [0.05, 0.1) is 0 Å². The molecule has 4 N–H and O–H groups in total. The predicted molar refractivity (Wildman–Crippen MR) is 15.7 cm³/mol. The number of rotatable bonds is 0. The van der Waals surface area contributed by atoms with E-state index in [9.17, 15) is 0 Å². The first-order chi connectivity index (χ1) is 0. The Balaban J connectivity index is 0. The fraction of sp³-hybridized carbons (Fsp3) is 0. The Bertz CT molecular complexity index is 8.49. The van der Waals surface area contributed by atoms with Crippen molar-refractivity contribution in [3.8, 4) is 0 Å². The Morgan fingerprint density at radius 2 is 0.500 bits per heavy atom. The normalized spacial score (nSPS) is 0. The van der Waals surface area contributed by atoms with Crippen molar-refractivity contribution in [2.24, 2.45) is 0 Å². The van der Waals surface area contributed by atoms with Gasteiger partial charge in [0.25, 0.3) is 0 Å². The van der Waals surface area contributed by atoms with E-state index in [4.69, 9.17) is 0 Å². The minimum Gasteiger partial charge on any atom is -2.00 e. The van der Waals surface area contributed by atoms with Crippen LogP contribution >= 0.6 is 0 Å². The average Bonchev–Trinajstić information content (AvgIpc) is 0. The molecule has 0 heterocycles. The summed E-state index contributed by atoms with van der Waals surface area (Å²) in [4.78, 5) is 0. The third-order valence-electron chi connectivity index (χ3n) is 0. The summed E-state index contributed by atoms with van der Waals surface area (Å²) in [6, 6.07) is 0. The van der Waals surface area contributed by atoms with Gasteiger partial charge in [-0.3, -0.25) is 0 Å². The molecule has 6 nitrogen and oxygen atoms in total. The van der Waals surface area contributed by atoms with Crippen molar-refractivity contribution < 1.29 is 58.7 Å². The standard InChI is InChI=1S/Hf.2H2O.4O.Si/h;2*1H2;;;;;/q+4;;;4*-2;+4. The Labute approximate surface area is 69.9 Å². The van der Waals surface area contributed by atoms with Gasteiger partial charge in [0.1, 0.15) is 0 Å². The topological polar surface area (TPSA) is 177 Å². The molecule has 0 aromatic rings. The molecule has 0 radical (unpaired) electrons. The first-order valence-electron chi connectivity index (χ1n) is 0. The molecule has 0 spiro atoms. The van der Waals surface area contributed by atoms with Crippen LogP contribution in [0.25, 0.3) is 0 Å². The molecule has 0 aromatic heterocycles. The second kappa shape index (κ2) is 513. The van der Waals surface area contributed by atoms with Crippen molar-refractivity contribution in [1.82, 2.24) is 0 Å². The van der Waals surface area contributed by atoms with E-state index in [1.165, 1.54) is 0 Å². The van der Waals surface area contributed by atoms with Crippen LogP contribution in [0.1, 0.15) is 0 Å². The van der Waals surface area contributed by atoms with E-state index in [0.29, 0.717) is 0 Å². The minimum absolute atomic E-state index is 0. The van der Waals surface area contributed by atoms with E-state index in [1.54, 1.807) is 0 Å².